The molecule has 2 fully saturated rings. The van der Waals surface area contributed by atoms with Crippen molar-refractivity contribution in [2.24, 2.45) is 0 Å². The molecule has 19 heavy (non-hydrogen) atoms. The number of hydrogen-bond donors (Lipinski definition) is 0. The van der Waals surface area contributed by atoms with Crippen LogP contribution in [-0.2, 0) is 0 Å². The van der Waals surface area contributed by atoms with Gasteiger partial charge in [-0.1, -0.05) is 104 Å². The molecule has 0 aromatic heterocycles. The Labute approximate surface area is 130 Å². The van der Waals surface area contributed by atoms with E-state index in [-0.39, 0.29) is 0 Å². The molecule has 0 saturated heterocycles. The summed E-state index contributed by atoms with van der Waals surface area (Å²) in [5.74, 6) is 0. The lowest BCUT2D eigenvalue weighted by atomic mass is 10.00. The molecule has 2 rings (SSSR count). The molecule has 0 aromatic carbocycles. The minimum atomic E-state index is -0.784. The third-order valence-electron chi connectivity index (χ3n) is 5.55. The smallest absolute Gasteiger partial charge is 0.113 e. The monoisotopic (exact) mass is 294 g/mol. The van der Waals surface area contributed by atoms with Crippen LogP contribution >= 0.6 is 12.2 Å². The zero-order chi connectivity index (χ0) is 13.3. The van der Waals surface area contributed by atoms with Crippen LogP contribution in [-0.4, -0.2) is 18.4 Å². The highest BCUT2D eigenvalue weighted by molar-refractivity contribution is 7.82. The van der Waals surface area contributed by atoms with Gasteiger partial charge in [-0.25, -0.2) is 0 Å². The first kappa shape index (κ1) is 16.0. The third kappa shape index (κ3) is 5.49. The summed E-state index contributed by atoms with van der Waals surface area (Å²) >= 11 is 4.74. The van der Waals surface area contributed by atoms with Gasteiger partial charge in [-0.05, 0) is 0 Å². The Balaban J connectivity index is 1.92. The lowest BCUT2D eigenvalue weighted by Gasteiger charge is -2.30. The normalized spacial score (nSPS) is 24.8. The summed E-state index contributed by atoms with van der Waals surface area (Å²) in [7, 11) is 0. The molecule has 2 heteroatoms. The predicted octanol–water partition coefficient (Wildman–Crippen LogP) is 6.25. The van der Waals surface area contributed by atoms with E-state index in [4.69, 9.17) is 12.2 Å². The largest absolute Gasteiger partial charge is 0.318 e. The highest BCUT2D eigenvalue weighted by atomic mass is 32.1. The minimum absolute atomic E-state index is 0.784. The van der Waals surface area contributed by atoms with E-state index in [0.717, 1.165) is 9.56 Å². The van der Waals surface area contributed by atoms with Gasteiger partial charge < -0.3 is 0 Å². The van der Waals surface area contributed by atoms with Gasteiger partial charge in [0.25, 0.3) is 0 Å². The molecule has 2 saturated carbocycles. The van der Waals surface area contributed by atoms with Crippen LogP contribution in [0.15, 0.2) is 0 Å². The van der Waals surface area contributed by atoms with Gasteiger partial charge in [-0.3, -0.25) is 0 Å². The Hall–Kier alpha value is 0.622. The van der Waals surface area contributed by atoms with Crippen molar-refractivity contribution in [3.63, 3.8) is 0 Å². The van der Waals surface area contributed by atoms with Crippen LogP contribution in [0.2, 0.25) is 9.56 Å². The fraction of sp³-hybridized carbons (Fsp3) is 0.941. The Morgan fingerprint density at radius 3 is 1.21 bits per heavy atom. The van der Waals surface area contributed by atoms with Crippen LogP contribution < -0.4 is 0 Å². The van der Waals surface area contributed by atoms with Crippen LogP contribution in [0.25, 0.3) is 0 Å². The fourth-order valence-corrected chi connectivity index (χ4v) is 9.38. The average Bonchev–Trinajstić information content (AvgIpc) is 2.34. The van der Waals surface area contributed by atoms with E-state index < -0.39 is 14.1 Å². The maximum Gasteiger partial charge on any atom is 0.318 e. The van der Waals surface area contributed by atoms with Gasteiger partial charge in [0, 0.05) is 0 Å². The van der Waals surface area contributed by atoms with Gasteiger partial charge in [-0.15, -0.1) is 12.2 Å². The van der Waals surface area contributed by atoms with E-state index in [9.17, 15) is 0 Å². The molecule has 0 amide bonds. The first-order valence-corrected chi connectivity index (χ1v) is 11.3. The van der Waals surface area contributed by atoms with Gasteiger partial charge in [0.05, 0.1) is 0 Å². The van der Waals surface area contributed by atoms with E-state index in [1.165, 1.54) is 89.9 Å². The van der Waals surface area contributed by atoms with E-state index in [1.807, 2.05) is 0 Å². The Morgan fingerprint density at radius 1 is 0.579 bits per heavy atom. The SMILES string of the molecule is S=[CH][Al]([CH]1CCCCCCC1)[CH]1CCCCCCC1. The standard InChI is InChI=1S/2C8H15.CHS.Al/c2*1-2-4-6-8-7-5-3-1;1-2;/h2*1H,2-8H2;1H;. The van der Waals surface area contributed by atoms with Crippen molar-refractivity contribution >= 4 is 30.6 Å². The highest BCUT2D eigenvalue weighted by Gasteiger charge is 2.33. The molecule has 2 aliphatic rings. The Kier molecular flexibility index (Phi) is 8.03. The first-order valence-electron chi connectivity index (χ1n) is 8.87. The summed E-state index contributed by atoms with van der Waals surface area (Å²) in [6.45, 7) is 0. The van der Waals surface area contributed by atoms with Crippen molar-refractivity contribution in [1.82, 2.24) is 0 Å². The van der Waals surface area contributed by atoms with Gasteiger partial charge in [0.2, 0.25) is 0 Å². The maximum absolute atomic E-state index is 5.53. The van der Waals surface area contributed by atoms with Crippen LogP contribution in [0, 0.1) is 0 Å². The summed E-state index contributed by atoms with van der Waals surface area (Å²) in [6.07, 6.45) is 20.9. The molecule has 0 aliphatic heterocycles. The second-order valence-corrected chi connectivity index (χ2v) is 11.1. The van der Waals surface area contributed by atoms with Crippen LogP contribution in [0.4, 0.5) is 0 Å². The summed E-state index contributed by atoms with van der Waals surface area (Å²) < 4.78 is 4.43. The lowest BCUT2D eigenvalue weighted by Crippen LogP contribution is -2.30. The molecule has 0 N–H and O–H groups in total. The zero-order valence-corrected chi connectivity index (χ0v) is 14.6. The minimum Gasteiger partial charge on any atom is -0.113 e. The van der Waals surface area contributed by atoms with E-state index in [2.05, 4.69) is 4.23 Å². The fourth-order valence-electron chi connectivity index (χ4n) is 4.35. The van der Waals surface area contributed by atoms with E-state index in [0.29, 0.717) is 0 Å². The zero-order valence-electron chi connectivity index (χ0n) is 12.6. The Bertz CT molecular complexity index is 216. The molecule has 0 heterocycles. The second-order valence-electron chi connectivity index (χ2n) is 6.92. The molecule has 0 atom stereocenters. The third-order valence-corrected chi connectivity index (χ3v) is 10.3. The van der Waals surface area contributed by atoms with Crippen molar-refractivity contribution in [3.8, 4) is 0 Å². The molecule has 0 spiro atoms. The highest BCUT2D eigenvalue weighted by Crippen LogP contribution is 2.38. The quantitative estimate of drug-likeness (QED) is 0.438. The van der Waals surface area contributed by atoms with Crippen molar-refractivity contribution in [2.75, 3.05) is 0 Å². The molecule has 2 aliphatic carbocycles. The Morgan fingerprint density at radius 2 is 0.895 bits per heavy atom. The summed E-state index contributed by atoms with van der Waals surface area (Å²) in [5.41, 5.74) is 0. The molecular formula is C17H31AlS. The molecule has 0 radical (unpaired) electrons. The van der Waals surface area contributed by atoms with Crippen LogP contribution in [0.1, 0.15) is 89.9 Å². The molecule has 0 aromatic rings. The second kappa shape index (κ2) is 9.54. The molecular weight excluding hydrogens is 263 g/mol. The van der Waals surface area contributed by atoms with Crippen molar-refractivity contribution in [1.29, 1.82) is 0 Å². The van der Waals surface area contributed by atoms with Crippen LogP contribution in [0.3, 0.4) is 0 Å². The maximum atomic E-state index is 5.53. The van der Waals surface area contributed by atoms with Gasteiger partial charge in [0.1, 0.15) is 0 Å². The number of hydrogen-bond acceptors (Lipinski definition) is 1. The molecule has 0 bridgehead atoms. The van der Waals surface area contributed by atoms with Gasteiger partial charge in [-0.2, -0.15) is 0 Å². The molecule has 108 valence electrons. The number of thiocarbonyl (C=S) groups is 1. The van der Waals surface area contributed by atoms with Crippen molar-refractivity contribution in [3.05, 3.63) is 0 Å². The van der Waals surface area contributed by atoms with Gasteiger partial charge in [0.15, 0.2) is 0 Å². The molecule has 0 unspecified atom stereocenters. The summed E-state index contributed by atoms with van der Waals surface area (Å²) in [6, 6.07) is 0. The average molecular weight is 294 g/mol. The lowest BCUT2D eigenvalue weighted by molar-refractivity contribution is 0.475. The van der Waals surface area contributed by atoms with Crippen LogP contribution in [0.5, 0.6) is 0 Å². The summed E-state index contributed by atoms with van der Waals surface area (Å²) in [5, 5.41) is 0. The van der Waals surface area contributed by atoms with Gasteiger partial charge >= 0.3 is 14.1 Å². The van der Waals surface area contributed by atoms with E-state index in [1.54, 1.807) is 0 Å². The summed E-state index contributed by atoms with van der Waals surface area (Å²) in [4.78, 5) is 0. The predicted molar refractivity (Wildman–Crippen MR) is 91.5 cm³/mol. The first-order chi connectivity index (χ1) is 9.42. The number of rotatable bonds is 3. The topological polar surface area (TPSA) is 0 Å². The molecule has 0 nitrogen and oxygen atoms in total. The van der Waals surface area contributed by atoms with E-state index >= 15 is 0 Å². The van der Waals surface area contributed by atoms with Crippen molar-refractivity contribution in [2.45, 2.75) is 99.5 Å². The van der Waals surface area contributed by atoms with Crippen molar-refractivity contribution < 1.29 is 0 Å².